The predicted octanol–water partition coefficient (Wildman–Crippen LogP) is 1.27. The molecule has 0 spiro atoms. The van der Waals surface area contributed by atoms with Gasteiger partial charge >= 0.3 is 0 Å². The number of primary amides is 1. The van der Waals surface area contributed by atoms with Crippen molar-refractivity contribution in [2.75, 3.05) is 0 Å². The van der Waals surface area contributed by atoms with Gasteiger partial charge in [-0.2, -0.15) is 0 Å². The molecule has 3 nitrogen and oxygen atoms in total. The molecule has 1 aromatic heterocycles. The van der Waals surface area contributed by atoms with Crippen LogP contribution in [-0.2, 0) is 4.79 Å². The van der Waals surface area contributed by atoms with Crippen molar-refractivity contribution in [2.45, 2.75) is 13.3 Å². The van der Waals surface area contributed by atoms with E-state index < -0.39 is 5.91 Å². The van der Waals surface area contributed by atoms with Crippen molar-refractivity contribution in [3.8, 4) is 11.8 Å². The molecule has 2 N–H and O–H groups in total. The molecular weight excluding hydrogens is 200 g/mol. The van der Waals surface area contributed by atoms with Crippen molar-refractivity contribution < 1.29 is 4.79 Å². The first kappa shape index (κ1) is 10.6. The summed E-state index contributed by atoms with van der Waals surface area (Å²) >= 11 is 5.67. The van der Waals surface area contributed by atoms with Crippen molar-refractivity contribution in [3.63, 3.8) is 0 Å². The van der Waals surface area contributed by atoms with Crippen LogP contribution in [0.15, 0.2) is 12.1 Å². The van der Waals surface area contributed by atoms with E-state index in [1.165, 1.54) is 0 Å². The Morgan fingerprint density at radius 2 is 2.36 bits per heavy atom. The van der Waals surface area contributed by atoms with E-state index in [9.17, 15) is 4.79 Å². The number of nitrogens with zero attached hydrogens (tertiary/aromatic N) is 1. The molecule has 4 heteroatoms. The van der Waals surface area contributed by atoms with Crippen LogP contribution in [0.4, 0.5) is 0 Å². The Bertz CT molecular complexity index is 418. The molecule has 1 heterocycles. The number of nitrogens with two attached hydrogens (primary N) is 1. The maximum absolute atomic E-state index is 10.4. The number of halogens is 1. The maximum Gasteiger partial charge on any atom is 0.229 e. The van der Waals surface area contributed by atoms with Crippen LogP contribution in [0.25, 0.3) is 0 Å². The van der Waals surface area contributed by atoms with Crippen molar-refractivity contribution in [1.82, 2.24) is 4.98 Å². The molecule has 0 aliphatic heterocycles. The summed E-state index contributed by atoms with van der Waals surface area (Å²) in [6.07, 6.45) is 0.0576. The number of rotatable bonds is 1. The van der Waals surface area contributed by atoms with Crippen LogP contribution in [0.3, 0.4) is 0 Å². The summed E-state index contributed by atoms with van der Waals surface area (Å²) in [5.41, 5.74) is 6.45. The average molecular weight is 209 g/mol. The first-order valence-corrected chi connectivity index (χ1v) is 4.37. The fraction of sp³-hybridized carbons (Fsp3) is 0.200. The smallest absolute Gasteiger partial charge is 0.229 e. The summed E-state index contributed by atoms with van der Waals surface area (Å²) in [6.45, 7) is 1.81. The molecule has 14 heavy (non-hydrogen) atoms. The zero-order valence-electron chi connectivity index (χ0n) is 7.67. The lowest BCUT2D eigenvalue weighted by atomic mass is 10.2. The number of hydrogen-bond acceptors (Lipinski definition) is 2. The van der Waals surface area contributed by atoms with Crippen LogP contribution in [0, 0.1) is 18.8 Å². The fourth-order valence-corrected chi connectivity index (χ4v) is 1.08. The third kappa shape index (κ3) is 3.08. The Morgan fingerprint density at radius 3 is 2.93 bits per heavy atom. The van der Waals surface area contributed by atoms with Gasteiger partial charge in [0, 0.05) is 5.56 Å². The number of carbonyl (C=O) groups is 1. The number of amides is 1. The van der Waals surface area contributed by atoms with Gasteiger partial charge in [0.15, 0.2) is 0 Å². The second-order valence-electron chi connectivity index (χ2n) is 2.71. The summed E-state index contributed by atoms with van der Waals surface area (Å²) in [5, 5.41) is 0.433. The van der Waals surface area contributed by atoms with E-state index in [0.29, 0.717) is 5.15 Å². The summed E-state index contributed by atoms with van der Waals surface area (Å²) in [6, 6.07) is 3.42. The highest BCUT2D eigenvalue weighted by Gasteiger charge is 1.96. The number of aryl methyl sites for hydroxylation is 1. The molecule has 0 unspecified atom stereocenters. The number of hydrogen-bond donors (Lipinski definition) is 1. The van der Waals surface area contributed by atoms with E-state index in [-0.39, 0.29) is 6.42 Å². The molecule has 0 saturated carbocycles. The first-order chi connectivity index (χ1) is 6.59. The first-order valence-electron chi connectivity index (χ1n) is 4.00. The summed E-state index contributed by atoms with van der Waals surface area (Å²) in [5.74, 6) is 5.02. The van der Waals surface area contributed by atoms with Gasteiger partial charge in [-0.3, -0.25) is 4.79 Å². The zero-order valence-corrected chi connectivity index (χ0v) is 8.43. The highest BCUT2D eigenvalue weighted by atomic mass is 35.5. The number of carbonyl (C=O) groups excluding carboxylic acids is 1. The van der Waals surface area contributed by atoms with Crippen molar-refractivity contribution >= 4 is 17.5 Å². The van der Waals surface area contributed by atoms with Gasteiger partial charge in [0.2, 0.25) is 5.91 Å². The Kier molecular flexibility index (Phi) is 3.49. The van der Waals surface area contributed by atoms with Gasteiger partial charge in [0.05, 0.1) is 12.1 Å². The van der Waals surface area contributed by atoms with E-state index in [2.05, 4.69) is 16.8 Å². The van der Waals surface area contributed by atoms with E-state index in [1.54, 1.807) is 19.1 Å². The standard InChI is InChI=1S/C10H9ClN2O/c1-7-8(3-2-4-10(12)14)5-6-9(11)13-7/h5-6H,4H2,1H3,(H2,12,14). The molecule has 0 bridgehead atoms. The Labute approximate surface area is 87.3 Å². The largest absolute Gasteiger partial charge is 0.369 e. The lowest BCUT2D eigenvalue weighted by Crippen LogP contribution is -2.08. The zero-order chi connectivity index (χ0) is 10.6. The number of pyridine rings is 1. The Morgan fingerprint density at radius 1 is 1.64 bits per heavy atom. The molecule has 0 fully saturated rings. The van der Waals surface area contributed by atoms with Crippen LogP contribution >= 0.6 is 11.6 Å². The van der Waals surface area contributed by atoms with Crippen LogP contribution in [0.1, 0.15) is 17.7 Å². The number of aromatic nitrogens is 1. The molecule has 0 aliphatic rings. The molecule has 0 radical (unpaired) electrons. The van der Waals surface area contributed by atoms with Gasteiger partial charge in [0.25, 0.3) is 0 Å². The predicted molar refractivity (Wildman–Crippen MR) is 54.7 cm³/mol. The molecule has 0 aromatic carbocycles. The SMILES string of the molecule is Cc1nc(Cl)ccc1C#CCC(N)=O. The van der Waals surface area contributed by atoms with E-state index in [1.807, 2.05) is 0 Å². The molecule has 0 aliphatic carbocycles. The topological polar surface area (TPSA) is 56.0 Å². The second kappa shape index (κ2) is 4.64. The van der Waals surface area contributed by atoms with Crippen LogP contribution < -0.4 is 5.73 Å². The maximum atomic E-state index is 10.4. The summed E-state index contributed by atoms with van der Waals surface area (Å²) in [4.78, 5) is 14.4. The minimum Gasteiger partial charge on any atom is -0.369 e. The van der Waals surface area contributed by atoms with Crippen molar-refractivity contribution in [3.05, 3.63) is 28.5 Å². The minimum atomic E-state index is -0.433. The molecular formula is C10H9ClN2O. The third-order valence-corrected chi connectivity index (χ3v) is 1.75. The molecule has 0 saturated heterocycles. The molecule has 1 rings (SSSR count). The second-order valence-corrected chi connectivity index (χ2v) is 3.10. The minimum absolute atomic E-state index is 0.0576. The fourth-order valence-electron chi connectivity index (χ4n) is 0.889. The van der Waals surface area contributed by atoms with Gasteiger partial charge in [-0.1, -0.05) is 23.4 Å². The van der Waals surface area contributed by atoms with Gasteiger partial charge in [-0.25, -0.2) is 4.98 Å². The highest BCUT2D eigenvalue weighted by Crippen LogP contribution is 2.09. The average Bonchev–Trinajstić information content (AvgIpc) is 2.08. The van der Waals surface area contributed by atoms with Crippen molar-refractivity contribution in [1.29, 1.82) is 0 Å². The monoisotopic (exact) mass is 208 g/mol. The molecule has 0 atom stereocenters. The van der Waals surface area contributed by atoms with Gasteiger partial charge in [0.1, 0.15) is 5.15 Å². The lowest BCUT2D eigenvalue weighted by Gasteiger charge is -1.96. The molecule has 1 amide bonds. The summed E-state index contributed by atoms with van der Waals surface area (Å²) in [7, 11) is 0. The van der Waals surface area contributed by atoms with E-state index >= 15 is 0 Å². The van der Waals surface area contributed by atoms with Gasteiger partial charge in [-0.15, -0.1) is 0 Å². The van der Waals surface area contributed by atoms with Crippen molar-refractivity contribution in [2.24, 2.45) is 5.73 Å². The van der Waals surface area contributed by atoms with E-state index in [4.69, 9.17) is 17.3 Å². The van der Waals surface area contributed by atoms with Gasteiger partial charge in [-0.05, 0) is 19.1 Å². The third-order valence-electron chi connectivity index (χ3n) is 1.54. The normalized spacial score (nSPS) is 9.00. The Hall–Kier alpha value is -1.53. The van der Waals surface area contributed by atoms with Crippen LogP contribution in [-0.4, -0.2) is 10.9 Å². The van der Waals surface area contributed by atoms with Gasteiger partial charge < -0.3 is 5.73 Å². The highest BCUT2D eigenvalue weighted by molar-refractivity contribution is 6.29. The molecule has 1 aromatic rings. The molecule has 72 valence electrons. The van der Waals surface area contributed by atoms with Crippen LogP contribution in [0.5, 0.6) is 0 Å². The van der Waals surface area contributed by atoms with E-state index in [0.717, 1.165) is 11.3 Å². The van der Waals surface area contributed by atoms with Crippen LogP contribution in [0.2, 0.25) is 5.15 Å². The summed E-state index contributed by atoms with van der Waals surface area (Å²) < 4.78 is 0. The quantitative estimate of drug-likeness (QED) is 0.558. The Balaban J connectivity index is 2.85. The lowest BCUT2D eigenvalue weighted by molar-refractivity contribution is -0.117.